The van der Waals surface area contributed by atoms with Gasteiger partial charge in [-0.1, -0.05) is 29.8 Å². The molecule has 0 heterocycles. The minimum absolute atomic E-state index is 0.424. The molecule has 0 saturated heterocycles. The monoisotopic (exact) mass is 508 g/mol. The van der Waals surface area contributed by atoms with E-state index in [9.17, 15) is 47.7 Å². The fourth-order valence-corrected chi connectivity index (χ4v) is 6.68. The molecule has 0 spiro atoms. The van der Waals surface area contributed by atoms with Crippen molar-refractivity contribution in [1.29, 1.82) is 0 Å². The molecule has 8 nitrogen and oxygen atoms in total. The number of sulfone groups is 2. The lowest BCUT2D eigenvalue weighted by molar-refractivity contribution is -0.0493. The van der Waals surface area contributed by atoms with Gasteiger partial charge in [-0.05, 0) is 12.5 Å². The molecule has 0 aliphatic rings. The van der Waals surface area contributed by atoms with Gasteiger partial charge in [-0.15, -0.1) is 0 Å². The molecule has 0 radical (unpaired) electrons. The smallest absolute Gasteiger partial charge is 0.290 e. The van der Waals surface area contributed by atoms with Crippen LogP contribution in [-0.2, 0) is 37.8 Å². The average molecular weight is 508 g/mol. The molecule has 0 amide bonds. The Hall–Kier alpha value is -1.19. The number of alkyl halides is 6. The third-order valence-electron chi connectivity index (χ3n) is 3.60. The molecule has 17 heteroatoms. The third kappa shape index (κ3) is 5.34. The number of rotatable bonds is 8. The fourth-order valence-electron chi connectivity index (χ4n) is 2.08. The first kappa shape index (κ1) is 26.8. The van der Waals surface area contributed by atoms with E-state index < -0.39 is 54.8 Å². The second-order valence-corrected chi connectivity index (χ2v) is 11.9. The average Bonchev–Trinajstić information content (AvgIpc) is 2.59. The van der Waals surface area contributed by atoms with Gasteiger partial charge in [-0.3, -0.25) is 13.6 Å². The second-order valence-electron chi connectivity index (χ2n) is 5.60. The van der Waals surface area contributed by atoms with Crippen LogP contribution in [0.15, 0.2) is 24.3 Å². The van der Waals surface area contributed by atoms with E-state index in [0.717, 1.165) is 24.3 Å². The Morgan fingerprint density at radius 2 is 1.20 bits per heavy atom. The van der Waals surface area contributed by atoms with Gasteiger partial charge in [0.1, 0.15) is 6.10 Å². The molecule has 1 aromatic carbocycles. The molecule has 0 aliphatic carbocycles. The number of halogens is 6. The van der Waals surface area contributed by atoms with Gasteiger partial charge in [0.2, 0.25) is 4.58 Å². The van der Waals surface area contributed by atoms with Crippen molar-refractivity contribution in [2.45, 2.75) is 28.6 Å². The summed E-state index contributed by atoms with van der Waals surface area (Å²) in [5.74, 6) is 0. The Morgan fingerprint density at radius 3 is 1.50 bits per heavy atom. The van der Waals surface area contributed by atoms with Gasteiger partial charge in [0, 0.05) is 14.2 Å². The summed E-state index contributed by atoms with van der Waals surface area (Å²) in [6.45, 7) is 1.46. The van der Waals surface area contributed by atoms with Gasteiger partial charge in [-0.2, -0.15) is 26.3 Å². The maximum absolute atomic E-state index is 13.1. The number of aryl methyl sites for hydroxylation is 1. The summed E-state index contributed by atoms with van der Waals surface area (Å²) >= 11 is 0. The molecule has 0 saturated carbocycles. The van der Waals surface area contributed by atoms with Crippen LogP contribution in [0.2, 0.25) is 0 Å². The SMILES string of the molecule is COP(=O)(OC)OC(c1ccc(C)cc1)C(S(=O)(=O)C(F)(F)F)S(=O)(=O)C(F)(F)F. The normalized spacial score (nSPS) is 15.4. The summed E-state index contributed by atoms with van der Waals surface area (Å²) in [6.07, 6.45) is -3.09. The molecule has 0 aromatic heterocycles. The summed E-state index contributed by atoms with van der Waals surface area (Å²) in [7, 11) is -17.9. The minimum atomic E-state index is -7.09. The van der Waals surface area contributed by atoms with E-state index in [1.54, 1.807) is 0 Å². The van der Waals surface area contributed by atoms with E-state index in [4.69, 9.17) is 0 Å². The van der Waals surface area contributed by atoms with Crippen molar-refractivity contribution in [3.05, 3.63) is 35.4 Å². The van der Waals surface area contributed by atoms with Crippen molar-refractivity contribution in [3.63, 3.8) is 0 Å². The first-order chi connectivity index (χ1) is 13.3. The summed E-state index contributed by atoms with van der Waals surface area (Å²) in [5, 5.41) is 0. The predicted molar refractivity (Wildman–Crippen MR) is 90.4 cm³/mol. The number of phosphoric acid groups is 1. The van der Waals surface area contributed by atoms with Crippen molar-refractivity contribution in [2.75, 3.05) is 14.2 Å². The quantitative estimate of drug-likeness (QED) is 0.386. The van der Waals surface area contributed by atoms with Crippen molar-refractivity contribution in [1.82, 2.24) is 0 Å². The summed E-state index contributed by atoms with van der Waals surface area (Å²) in [5.41, 5.74) is -13.2. The molecule has 30 heavy (non-hydrogen) atoms. The lowest BCUT2D eigenvalue weighted by atomic mass is 10.1. The van der Waals surface area contributed by atoms with E-state index in [-0.39, 0.29) is 0 Å². The van der Waals surface area contributed by atoms with E-state index in [2.05, 4.69) is 13.6 Å². The van der Waals surface area contributed by atoms with Crippen molar-refractivity contribution >= 4 is 27.5 Å². The number of hydrogen-bond donors (Lipinski definition) is 0. The largest absolute Gasteiger partial charge is 0.498 e. The molecular formula is C13H15F6O8PS2. The maximum atomic E-state index is 13.1. The zero-order valence-electron chi connectivity index (χ0n) is 15.3. The Balaban J connectivity index is 3.98. The van der Waals surface area contributed by atoms with Gasteiger partial charge in [0.15, 0.2) is 0 Å². The Morgan fingerprint density at radius 1 is 0.833 bits per heavy atom. The highest BCUT2D eigenvalue weighted by atomic mass is 32.3. The lowest BCUT2D eigenvalue weighted by Gasteiger charge is -2.30. The van der Waals surface area contributed by atoms with Gasteiger partial charge in [0.05, 0.1) is 0 Å². The van der Waals surface area contributed by atoms with Crippen molar-refractivity contribution < 1.29 is 61.3 Å². The molecule has 0 N–H and O–H groups in total. The molecule has 174 valence electrons. The van der Waals surface area contributed by atoms with Gasteiger partial charge < -0.3 is 0 Å². The van der Waals surface area contributed by atoms with Crippen molar-refractivity contribution in [2.24, 2.45) is 0 Å². The Kier molecular flexibility index (Phi) is 7.83. The highest BCUT2D eigenvalue weighted by Gasteiger charge is 2.66. The first-order valence-electron chi connectivity index (χ1n) is 7.41. The molecule has 1 aromatic rings. The zero-order valence-corrected chi connectivity index (χ0v) is 17.8. The summed E-state index contributed by atoms with van der Waals surface area (Å²) in [6, 6.07) is 3.85. The van der Waals surface area contributed by atoms with Gasteiger partial charge >= 0.3 is 18.8 Å². The molecule has 1 unspecified atom stereocenters. The van der Waals surface area contributed by atoms with Crippen LogP contribution in [0.4, 0.5) is 26.3 Å². The third-order valence-corrected chi connectivity index (χ3v) is 9.51. The second kappa shape index (κ2) is 8.74. The number of benzene rings is 1. The van der Waals surface area contributed by atoms with Crippen LogP contribution in [-0.4, -0.2) is 46.7 Å². The first-order valence-corrected chi connectivity index (χ1v) is 12.0. The van der Waals surface area contributed by atoms with Crippen LogP contribution in [0.3, 0.4) is 0 Å². The molecule has 1 atom stereocenters. The molecule has 0 fully saturated rings. The summed E-state index contributed by atoms with van der Waals surface area (Å²) < 4.78 is 148. The number of hydrogen-bond acceptors (Lipinski definition) is 8. The predicted octanol–water partition coefficient (Wildman–Crippen LogP) is 3.65. The van der Waals surface area contributed by atoms with Gasteiger partial charge in [-0.25, -0.2) is 21.4 Å². The lowest BCUT2D eigenvalue weighted by Crippen LogP contribution is -2.48. The minimum Gasteiger partial charge on any atom is -0.290 e. The number of phosphoric ester groups is 1. The van der Waals surface area contributed by atoms with Crippen LogP contribution in [0, 0.1) is 6.92 Å². The highest BCUT2D eigenvalue weighted by molar-refractivity contribution is 8.09. The molecular weight excluding hydrogens is 493 g/mol. The molecule has 1 rings (SSSR count). The van der Waals surface area contributed by atoms with E-state index in [1.807, 2.05) is 0 Å². The van der Waals surface area contributed by atoms with E-state index in [0.29, 0.717) is 19.8 Å². The topological polar surface area (TPSA) is 113 Å². The van der Waals surface area contributed by atoms with Crippen LogP contribution >= 0.6 is 7.82 Å². The molecule has 0 bridgehead atoms. The van der Waals surface area contributed by atoms with E-state index in [1.165, 1.54) is 6.92 Å². The molecule has 0 aliphatic heterocycles. The Bertz CT molecular complexity index is 950. The van der Waals surface area contributed by atoms with Crippen molar-refractivity contribution in [3.8, 4) is 0 Å². The van der Waals surface area contributed by atoms with Crippen LogP contribution in [0.5, 0.6) is 0 Å². The summed E-state index contributed by atoms with van der Waals surface area (Å²) in [4.78, 5) is 0. The standard InChI is InChI=1S/C13H15F6O8PS2/c1-8-4-6-9(7-5-8)10(27-28(20,25-2)26-3)11(29(21,22)12(14,15)16)30(23,24)13(17,18)19/h4-7,10-11H,1-3H3. The maximum Gasteiger partial charge on any atom is 0.498 e. The van der Waals surface area contributed by atoms with Crippen LogP contribution < -0.4 is 0 Å². The van der Waals surface area contributed by atoms with E-state index >= 15 is 0 Å². The highest BCUT2D eigenvalue weighted by Crippen LogP contribution is 2.55. The van der Waals surface area contributed by atoms with Gasteiger partial charge in [0.25, 0.3) is 19.7 Å². The Labute approximate surface area is 167 Å². The fraction of sp³-hybridized carbons (Fsp3) is 0.538. The van der Waals surface area contributed by atoms with Crippen LogP contribution in [0.25, 0.3) is 0 Å². The van der Waals surface area contributed by atoms with Crippen LogP contribution in [0.1, 0.15) is 17.2 Å². The zero-order chi connectivity index (χ0) is 23.8.